The van der Waals surface area contributed by atoms with E-state index >= 15 is 0 Å². The van der Waals surface area contributed by atoms with Gasteiger partial charge >= 0.3 is 0 Å². The van der Waals surface area contributed by atoms with Crippen molar-refractivity contribution in [2.45, 2.75) is 26.4 Å². The monoisotopic (exact) mass is 228 g/mol. The van der Waals surface area contributed by atoms with Crippen molar-refractivity contribution in [1.82, 2.24) is 5.32 Å². The largest absolute Gasteiger partial charge is 0.378 e. The first-order valence-corrected chi connectivity index (χ1v) is 6.77. The van der Waals surface area contributed by atoms with Crippen molar-refractivity contribution in [3.63, 3.8) is 0 Å². The number of thioether (sulfide) groups is 1. The van der Waals surface area contributed by atoms with Crippen molar-refractivity contribution in [2.75, 3.05) is 25.4 Å². The van der Waals surface area contributed by atoms with E-state index in [0.29, 0.717) is 12.0 Å². The summed E-state index contributed by atoms with van der Waals surface area (Å²) in [4.78, 5) is 4.52. The Morgan fingerprint density at radius 2 is 2.40 bits per heavy atom. The Kier molecular flexibility index (Phi) is 3.92. The van der Waals surface area contributed by atoms with Crippen LogP contribution in [0, 0.1) is 11.8 Å². The van der Waals surface area contributed by atoms with Gasteiger partial charge in [-0.1, -0.05) is 18.7 Å². The van der Waals surface area contributed by atoms with E-state index in [9.17, 15) is 0 Å². The minimum atomic E-state index is 0.408. The van der Waals surface area contributed by atoms with Crippen LogP contribution in [0.25, 0.3) is 0 Å². The van der Waals surface area contributed by atoms with Crippen LogP contribution in [0.5, 0.6) is 0 Å². The predicted molar refractivity (Wildman–Crippen MR) is 65.4 cm³/mol. The summed E-state index contributed by atoms with van der Waals surface area (Å²) in [6.45, 7) is 7.33. The molecule has 1 N–H and O–H groups in total. The van der Waals surface area contributed by atoms with Gasteiger partial charge in [-0.2, -0.15) is 0 Å². The van der Waals surface area contributed by atoms with E-state index in [0.717, 1.165) is 30.8 Å². The Bertz CT molecular complexity index is 245. The fourth-order valence-corrected chi connectivity index (χ4v) is 2.83. The van der Waals surface area contributed by atoms with Gasteiger partial charge in [0.05, 0.1) is 6.10 Å². The van der Waals surface area contributed by atoms with Crippen molar-refractivity contribution >= 4 is 16.9 Å². The van der Waals surface area contributed by atoms with E-state index in [2.05, 4.69) is 24.2 Å². The lowest BCUT2D eigenvalue weighted by molar-refractivity contribution is 0.106. The van der Waals surface area contributed by atoms with Gasteiger partial charge in [0.2, 0.25) is 0 Å². The Morgan fingerprint density at radius 1 is 1.53 bits per heavy atom. The molecule has 0 radical (unpaired) electrons. The molecule has 0 aliphatic carbocycles. The molecule has 2 aliphatic heterocycles. The minimum Gasteiger partial charge on any atom is -0.378 e. The van der Waals surface area contributed by atoms with Crippen molar-refractivity contribution in [3.05, 3.63) is 0 Å². The van der Waals surface area contributed by atoms with E-state index in [-0.39, 0.29) is 0 Å². The summed E-state index contributed by atoms with van der Waals surface area (Å²) in [7, 11) is 0. The maximum absolute atomic E-state index is 5.54. The Hall–Kier alpha value is -0.220. The van der Waals surface area contributed by atoms with E-state index in [1.165, 1.54) is 12.2 Å². The summed E-state index contributed by atoms with van der Waals surface area (Å²) in [5.41, 5.74) is 0. The van der Waals surface area contributed by atoms with E-state index in [1.807, 2.05) is 11.8 Å². The third kappa shape index (κ3) is 3.11. The summed E-state index contributed by atoms with van der Waals surface area (Å²) in [6.07, 6.45) is 1.59. The highest BCUT2D eigenvalue weighted by molar-refractivity contribution is 8.13. The molecule has 0 saturated carbocycles. The second-order valence-electron chi connectivity index (χ2n) is 4.57. The maximum atomic E-state index is 5.54. The molecule has 0 aromatic rings. The fourth-order valence-electron chi connectivity index (χ4n) is 1.93. The lowest BCUT2D eigenvalue weighted by atomic mass is 10.0. The second-order valence-corrected chi connectivity index (χ2v) is 5.58. The third-order valence-electron chi connectivity index (χ3n) is 3.10. The SMILES string of the molecule is CC1CN=C(NCC2CCOC2C)SC1. The topological polar surface area (TPSA) is 33.6 Å². The normalized spacial score (nSPS) is 36.4. The Balaban J connectivity index is 1.73. The summed E-state index contributed by atoms with van der Waals surface area (Å²) < 4.78 is 5.54. The van der Waals surface area contributed by atoms with Gasteiger partial charge in [-0.05, 0) is 19.3 Å². The minimum absolute atomic E-state index is 0.408. The molecule has 0 aromatic heterocycles. The standard InChI is InChI=1S/C11H20N2OS/c1-8-5-12-11(15-7-8)13-6-10-3-4-14-9(10)2/h8-10H,3-7H2,1-2H3,(H,12,13). The first-order valence-electron chi connectivity index (χ1n) is 5.78. The zero-order valence-corrected chi connectivity index (χ0v) is 10.3. The van der Waals surface area contributed by atoms with Crippen LogP contribution >= 0.6 is 11.8 Å². The first kappa shape index (κ1) is 11.3. The van der Waals surface area contributed by atoms with Crippen LogP contribution in [-0.4, -0.2) is 36.7 Å². The van der Waals surface area contributed by atoms with Crippen LogP contribution in [0.15, 0.2) is 4.99 Å². The molecule has 2 heterocycles. The molecule has 0 spiro atoms. The van der Waals surface area contributed by atoms with E-state index in [1.54, 1.807) is 0 Å². The van der Waals surface area contributed by atoms with E-state index in [4.69, 9.17) is 4.74 Å². The number of hydrogen-bond donors (Lipinski definition) is 1. The molecule has 86 valence electrons. The van der Waals surface area contributed by atoms with Gasteiger partial charge in [0.15, 0.2) is 5.17 Å². The van der Waals surface area contributed by atoms with Gasteiger partial charge in [0.25, 0.3) is 0 Å². The molecular formula is C11H20N2OS. The maximum Gasteiger partial charge on any atom is 0.156 e. The van der Waals surface area contributed by atoms with Gasteiger partial charge in [-0.3, -0.25) is 4.99 Å². The highest BCUT2D eigenvalue weighted by Crippen LogP contribution is 2.20. The number of nitrogens with zero attached hydrogens (tertiary/aromatic N) is 1. The van der Waals surface area contributed by atoms with Crippen molar-refractivity contribution < 1.29 is 4.74 Å². The fraction of sp³-hybridized carbons (Fsp3) is 0.909. The molecule has 2 aliphatic rings. The lowest BCUT2D eigenvalue weighted by Gasteiger charge is -2.20. The zero-order valence-electron chi connectivity index (χ0n) is 9.53. The number of hydrogen-bond acceptors (Lipinski definition) is 4. The molecule has 4 heteroatoms. The van der Waals surface area contributed by atoms with Crippen LogP contribution in [0.2, 0.25) is 0 Å². The number of amidine groups is 1. The smallest absolute Gasteiger partial charge is 0.156 e. The molecular weight excluding hydrogens is 208 g/mol. The molecule has 0 amide bonds. The molecule has 0 bridgehead atoms. The molecule has 3 atom stereocenters. The van der Waals surface area contributed by atoms with Crippen LogP contribution in [0.1, 0.15) is 20.3 Å². The van der Waals surface area contributed by atoms with Crippen LogP contribution in [0.3, 0.4) is 0 Å². The third-order valence-corrected chi connectivity index (χ3v) is 4.38. The zero-order chi connectivity index (χ0) is 10.7. The number of rotatable bonds is 2. The average molecular weight is 228 g/mol. The van der Waals surface area contributed by atoms with Gasteiger partial charge in [-0.15, -0.1) is 0 Å². The molecule has 3 unspecified atom stereocenters. The Morgan fingerprint density at radius 3 is 3.00 bits per heavy atom. The van der Waals surface area contributed by atoms with Crippen LogP contribution in [0.4, 0.5) is 0 Å². The summed E-state index contributed by atoms with van der Waals surface area (Å²) in [5, 5.41) is 4.58. The summed E-state index contributed by atoms with van der Waals surface area (Å²) in [6, 6.07) is 0. The van der Waals surface area contributed by atoms with Crippen molar-refractivity contribution in [2.24, 2.45) is 16.8 Å². The number of ether oxygens (including phenoxy) is 1. The highest BCUT2D eigenvalue weighted by atomic mass is 32.2. The van der Waals surface area contributed by atoms with Crippen molar-refractivity contribution in [3.8, 4) is 0 Å². The quantitative estimate of drug-likeness (QED) is 0.781. The lowest BCUT2D eigenvalue weighted by Crippen LogP contribution is -2.32. The van der Waals surface area contributed by atoms with Gasteiger partial charge < -0.3 is 10.1 Å². The van der Waals surface area contributed by atoms with Gasteiger partial charge in [-0.25, -0.2) is 0 Å². The number of aliphatic imine (C=N–C) groups is 1. The average Bonchev–Trinajstić information content (AvgIpc) is 2.63. The molecule has 0 aromatic carbocycles. The Labute approximate surface area is 96.1 Å². The predicted octanol–water partition coefficient (Wildman–Crippen LogP) is 1.74. The van der Waals surface area contributed by atoms with Gasteiger partial charge in [0, 0.05) is 31.4 Å². The molecule has 1 fully saturated rings. The van der Waals surface area contributed by atoms with Crippen LogP contribution < -0.4 is 5.32 Å². The van der Waals surface area contributed by atoms with Gasteiger partial charge in [0.1, 0.15) is 0 Å². The second kappa shape index (κ2) is 5.21. The molecule has 2 rings (SSSR count). The van der Waals surface area contributed by atoms with E-state index < -0.39 is 0 Å². The molecule has 1 saturated heterocycles. The molecule has 3 nitrogen and oxygen atoms in total. The molecule has 15 heavy (non-hydrogen) atoms. The summed E-state index contributed by atoms with van der Waals surface area (Å²) >= 11 is 1.85. The highest BCUT2D eigenvalue weighted by Gasteiger charge is 2.24. The van der Waals surface area contributed by atoms with Crippen LogP contribution in [-0.2, 0) is 4.74 Å². The first-order chi connectivity index (χ1) is 7.25. The van der Waals surface area contributed by atoms with Crippen molar-refractivity contribution in [1.29, 1.82) is 0 Å². The summed E-state index contributed by atoms with van der Waals surface area (Å²) in [5.74, 6) is 2.59. The number of nitrogens with one attached hydrogen (secondary N) is 1.